The van der Waals surface area contributed by atoms with Gasteiger partial charge in [0.2, 0.25) is 0 Å². The highest BCUT2D eigenvalue weighted by molar-refractivity contribution is 5.80. The molecule has 0 aromatic heterocycles. The van der Waals surface area contributed by atoms with E-state index in [9.17, 15) is 5.11 Å². The van der Waals surface area contributed by atoms with Gasteiger partial charge in [0, 0.05) is 0 Å². The second-order valence-electron chi connectivity index (χ2n) is 13.1. The van der Waals surface area contributed by atoms with Crippen LogP contribution in [0.5, 0.6) is 0 Å². The molecule has 37 heavy (non-hydrogen) atoms. The lowest BCUT2D eigenvalue weighted by Gasteiger charge is -2.58. The fraction of sp³-hybridized carbons (Fsp3) is 0.500. The molecule has 1 heteroatoms. The van der Waals surface area contributed by atoms with Crippen LogP contribution in [-0.2, 0) is 0 Å². The molecule has 194 valence electrons. The predicted molar refractivity (Wildman–Crippen MR) is 155 cm³/mol. The maximum atomic E-state index is 10.3. The Balaban J connectivity index is 1.28. The second kappa shape index (κ2) is 9.73. The van der Waals surface area contributed by atoms with Crippen molar-refractivity contribution in [2.75, 3.05) is 0 Å². The third kappa shape index (κ3) is 4.28. The molecule has 3 fully saturated rings. The van der Waals surface area contributed by atoms with Crippen LogP contribution < -0.4 is 0 Å². The monoisotopic (exact) mass is 492 g/mol. The first-order chi connectivity index (χ1) is 17.9. The minimum atomic E-state index is -0.113. The Labute approximate surface area is 224 Å². The van der Waals surface area contributed by atoms with Crippen LogP contribution in [0.2, 0.25) is 0 Å². The van der Waals surface area contributed by atoms with E-state index in [0.717, 1.165) is 30.6 Å². The van der Waals surface area contributed by atoms with Crippen molar-refractivity contribution in [1.29, 1.82) is 0 Å². The highest BCUT2D eigenvalue weighted by atomic mass is 16.3. The lowest BCUT2D eigenvalue weighted by atomic mass is 9.47. The quantitative estimate of drug-likeness (QED) is 0.333. The Morgan fingerprint density at radius 1 is 0.811 bits per heavy atom. The number of benzene rings is 2. The van der Waals surface area contributed by atoms with E-state index in [0.29, 0.717) is 16.7 Å². The number of rotatable bonds is 4. The summed E-state index contributed by atoms with van der Waals surface area (Å²) in [6.07, 6.45) is 17.0. The number of hydrogen-bond donors (Lipinski definition) is 1. The summed E-state index contributed by atoms with van der Waals surface area (Å²) in [6.45, 7) is 7.58. The molecule has 1 N–H and O–H groups in total. The normalized spacial score (nSPS) is 37.1. The van der Waals surface area contributed by atoms with Gasteiger partial charge >= 0.3 is 0 Å². The summed E-state index contributed by atoms with van der Waals surface area (Å²) in [5.41, 5.74) is 7.75. The number of aliphatic hydroxyl groups is 1. The first-order valence-electron chi connectivity index (χ1n) is 14.8. The summed E-state index contributed by atoms with van der Waals surface area (Å²) in [6, 6.07) is 21.7. The van der Waals surface area contributed by atoms with Crippen molar-refractivity contribution in [1.82, 2.24) is 0 Å². The lowest BCUT2D eigenvalue weighted by Crippen LogP contribution is -2.50. The van der Waals surface area contributed by atoms with Gasteiger partial charge in [0.05, 0.1) is 6.10 Å². The van der Waals surface area contributed by atoms with Crippen LogP contribution in [0.1, 0.15) is 83.3 Å². The molecule has 7 atom stereocenters. The fourth-order valence-electron chi connectivity index (χ4n) is 9.32. The van der Waals surface area contributed by atoms with Crippen LogP contribution in [0.4, 0.5) is 0 Å². The van der Waals surface area contributed by atoms with Gasteiger partial charge in [-0.05, 0) is 109 Å². The van der Waals surface area contributed by atoms with E-state index in [-0.39, 0.29) is 6.10 Å². The molecular formula is C36H44O. The average molecular weight is 493 g/mol. The van der Waals surface area contributed by atoms with Gasteiger partial charge in [-0.15, -0.1) is 0 Å². The van der Waals surface area contributed by atoms with E-state index in [1.165, 1.54) is 55.2 Å². The van der Waals surface area contributed by atoms with Gasteiger partial charge in [0.15, 0.2) is 0 Å². The van der Waals surface area contributed by atoms with Crippen molar-refractivity contribution >= 4 is 5.57 Å². The zero-order valence-corrected chi connectivity index (χ0v) is 23.0. The smallest absolute Gasteiger partial charge is 0.0577 e. The molecule has 3 saturated carbocycles. The largest absolute Gasteiger partial charge is 0.393 e. The van der Waals surface area contributed by atoms with Crippen molar-refractivity contribution in [3.8, 4) is 0 Å². The van der Waals surface area contributed by atoms with Crippen molar-refractivity contribution in [3.05, 3.63) is 101 Å². The predicted octanol–water partition coefficient (Wildman–Crippen LogP) is 9.00. The highest BCUT2D eigenvalue weighted by Gasteiger charge is 2.58. The van der Waals surface area contributed by atoms with Gasteiger partial charge in [0.1, 0.15) is 0 Å². The summed E-state index contributed by atoms with van der Waals surface area (Å²) in [5.74, 6) is 3.13. The number of allylic oxidation sites excluding steroid dienone is 4. The number of aliphatic hydroxyl groups excluding tert-OH is 1. The molecule has 0 spiro atoms. The molecule has 0 aliphatic heterocycles. The molecule has 0 saturated heterocycles. The second-order valence-corrected chi connectivity index (χ2v) is 13.1. The van der Waals surface area contributed by atoms with Crippen LogP contribution in [0.25, 0.3) is 5.57 Å². The number of fused-ring (bicyclic) bond motifs is 5. The summed E-state index contributed by atoms with van der Waals surface area (Å²) < 4.78 is 0. The van der Waals surface area contributed by atoms with E-state index in [4.69, 9.17) is 0 Å². The molecule has 1 nitrogen and oxygen atoms in total. The summed E-state index contributed by atoms with van der Waals surface area (Å²) in [4.78, 5) is 0. The summed E-state index contributed by atoms with van der Waals surface area (Å²) in [5, 5.41) is 10.3. The zero-order chi connectivity index (χ0) is 25.6. The molecule has 4 aliphatic rings. The van der Waals surface area contributed by atoms with E-state index in [1.807, 2.05) is 0 Å². The standard InChI is InChI=1S/C36H44O/c1-25(14-16-30(26-10-6-4-7-11-26)27-12-8-5-9-13-27)32-18-19-33-31-17-15-28-24-29(37)20-22-35(28,2)34(31)21-23-36(32,33)3/h4-16,29,31-34,37H,17-24H2,1-3H3/b25-14-/t29-,31-,32+,33?,34-,35-,36+/m0/s1. The lowest BCUT2D eigenvalue weighted by molar-refractivity contribution is -0.0454. The van der Waals surface area contributed by atoms with Crippen LogP contribution >= 0.6 is 0 Å². The Morgan fingerprint density at radius 2 is 1.49 bits per heavy atom. The Hall–Kier alpha value is -2.38. The van der Waals surface area contributed by atoms with Gasteiger partial charge in [0.25, 0.3) is 0 Å². The Kier molecular flexibility index (Phi) is 6.56. The molecule has 0 heterocycles. The Bertz CT molecular complexity index is 1160. The molecule has 1 unspecified atom stereocenters. The van der Waals surface area contributed by atoms with Gasteiger partial charge in [-0.2, -0.15) is 0 Å². The first kappa shape index (κ1) is 24.9. The van der Waals surface area contributed by atoms with E-state index >= 15 is 0 Å². The van der Waals surface area contributed by atoms with Gasteiger partial charge in [-0.3, -0.25) is 0 Å². The molecule has 2 aromatic rings. The van der Waals surface area contributed by atoms with Gasteiger partial charge < -0.3 is 5.11 Å². The first-order valence-corrected chi connectivity index (χ1v) is 14.8. The third-order valence-electron chi connectivity index (χ3n) is 11.3. The summed E-state index contributed by atoms with van der Waals surface area (Å²) >= 11 is 0. The maximum absolute atomic E-state index is 10.3. The van der Waals surface area contributed by atoms with E-state index in [2.05, 4.69) is 99.7 Å². The SMILES string of the molecule is C/C(=C/C=C(c1ccccc1)c1ccccc1)[C@H]1CCC2[C@@H]3CC=C4C[C@@H](O)CC[C@]4(C)[C@H]3CC[C@@]21C. The van der Waals surface area contributed by atoms with Gasteiger partial charge in [-0.1, -0.05) is 104 Å². The van der Waals surface area contributed by atoms with Crippen LogP contribution in [0.15, 0.2) is 90.0 Å². The van der Waals surface area contributed by atoms with Crippen molar-refractivity contribution in [2.45, 2.75) is 78.2 Å². The minimum absolute atomic E-state index is 0.113. The molecule has 0 radical (unpaired) electrons. The minimum Gasteiger partial charge on any atom is -0.393 e. The Morgan fingerprint density at radius 3 is 2.16 bits per heavy atom. The van der Waals surface area contributed by atoms with Crippen LogP contribution in [-0.4, -0.2) is 11.2 Å². The third-order valence-corrected chi connectivity index (χ3v) is 11.3. The maximum Gasteiger partial charge on any atom is 0.0577 e. The highest BCUT2D eigenvalue weighted by Crippen LogP contribution is 2.67. The van der Waals surface area contributed by atoms with Crippen molar-refractivity contribution < 1.29 is 5.11 Å². The number of hydrogen-bond acceptors (Lipinski definition) is 1. The zero-order valence-electron chi connectivity index (χ0n) is 23.0. The molecule has 6 rings (SSSR count). The topological polar surface area (TPSA) is 20.2 Å². The van der Waals surface area contributed by atoms with Crippen LogP contribution in [0, 0.1) is 34.5 Å². The van der Waals surface area contributed by atoms with Gasteiger partial charge in [-0.25, -0.2) is 0 Å². The molecule has 0 amide bonds. The fourth-order valence-corrected chi connectivity index (χ4v) is 9.32. The van der Waals surface area contributed by atoms with E-state index in [1.54, 1.807) is 11.1 Å². The average Bonchev–Trinajstić information content (AvgIpc) is 3.28. The van der Waals surface area contributed by atoms with Crippen molar-refractivity contribution in [3.63, 3.8) is 0 Å². The summed E-state index contributed by atoms with van der Waals surface area (Å²) in [7, 11) is 0. The molecule has 4 aliphatic carbocycles. The molecule has 2 aromatic carbocycles. The molecule has 0 bridgehead atoms. The molecular weight excluding hydrogens is 448 g/mol. The van der Waals surface area contributed by atoms with Crippen molar-refractivity contribution in [2.24, 2.45) is 34.5 Å². The van der Waals surface area contributed by atoms with Crippen LogP contribution in [0.3, 0.4) is 0 Å². The van der Waals surface area contributed by atoms with E-state index < -0.39 is 0 Å².